The molecule has 0 saturated carbocycles. The largest absolute Gasteiger partial charge is 0.375 e. The van der Waals surface area contributed by atoms with Gasteiger partial charge in [-0.15, -0.1) is 0 Å². The van der Waals surface area contributed by atoms with Gasteiger partial charge in [0.2, 0.25) is 0 Å². The van der Waals surface area contributed by atoms with Crippen LogP contribution in [0.1, 0.15) is 22.8 Å². The van der Waals surface area contributed by atoms with E-state index in [0.29, 0.717) is 0 Å². The minimum atomic E-state index is 0.966. The van der Waals surface area contributed by atoms with Crippen LogP contribution in [0.3, 0.4) is 0 Å². The minimum Gasteiger partial charge on any atom is -0.375 e. The van der Waals surface area contributed by atoms with Gasteiger partial charge >= 0.3 is 0 Å². The second-order valence-electron chi connectivity index (χ2n) is 4.16. The van der Waals surface area contributed by atoms with E-state index in [9.17, 15) is 0 Å². The summed E-state index contributed by atoms with van der Waals surface area (Å²) in [7, 11) is 1.97. The molecular weight excluding hydrogens is 232 g/mol. The molecule has 2 aromatic rings. The number of nitrogens with zero attached hydrogens (tertiary/aromatic N) is 3. The molecule has 0 fully saturated rings. The Bertz CT molecular complexity index is 529. The summed E-state index contributed by atoms with van der Waals surface area (Å²) in [4.78, 5) is 8.86. The average molecular weight is 246 g/mol. The van der Waals surface area contributed by atoms with E-state index in [1.165, 1.54) is 17.1 Å². The van der Waals surface area contributed by atoms with Crippen molar-refractivity contribution in [3.05, 3.63) is 28.9 Å². The summed E-state index contributed by atoms with van der Waals surface area (Å²) in [6.45, 7) is 1.07. The van der Waals surface area contributed by atoms with E-state index in [4.69, 9.17) is 0 Å². The molecule has 3 heterocycles. The lowest BCUT2D eigenvalue weighted by Gasteiger charge is -2.10. The molecule has 0 spiro atoms. The first kappa shape index (κ1) is 10.5. The molecule has 1 N–H and O–H groups in total. The summed E-state index contributed by atoms with van der Waals surface area (Å²) in [6, 6.07) is 0. The molecule has 88 valence electrons. The topological polar surface area (TPSA) is 42.7 Å². The quantitative estimate of drug-likeness (QED) is 0.885. The Morgan fingerprint density at radius 2 is 2.41 bits per heavy atom. The van der Waals surface area contributed by atoms with Crippen molar-refractivity contribution in [1.82, 2.24) is 14.5 Å². The summed E-state index contributed by atoms with van der Waals surface area (Å²) >= 11 is 1.72. The van der Waals surface area contributed by atoms with Gasteiger partial charge in [-0.25, -0.2) is 9.97 Å². The zero-order valence-electron chi connectivity index (χ0n) is 9.68. The van der Waals surface area contributed by atoms with Crippen LogP contribution >= 0.6 is 11.3 Å². The monoisotopic (exact) mass is 246 g/mol. The Morgan fingerprint density at radius 1 is 1.47 bits per heavy atom. The summed E-state index contributed by atoms with van der Waals surface area (Å²) in [5.74, 6) is 0. The van der Waals surface area contributed by atoms with E-state index >= 15 is 0 Å². The molecule has 0 aromatic carbocycles. The maximum absolute atomic E-state index is 4.61. The van der Waals surface area contributed by atoms with Crippen molar-refractivity contribution in [2.24, 2.45) is 7.05 Å². The van der Waals surface area contributed by atoms with E-state index < -0.39 is 0 Å². The van der Waals surface area contributed by atoms with E-state index in [1.54, 1.807) is 17.7 Å². The number of nitrogens with one attached hydrogen (secondary N) is 1. The van der Waals surface area contributed by atoms with Crippen LogP contribution in [0.4, 0.5) is 5.00 Å². The molecule has 2 aromatic heterocycles. The second kappa shape index (κ2) is 4.33. The van der Waals surface area contributed by atoms with Crippen LogP contribution in [0.25, 0.3) is 12.2 Å². The van der Waals surface area contributed by atoms with Crippen molar-refractivity contribution in [2.45, 2.75) is 12.8 Å². The Hall–Kier alpha value is -1.62. The molecule has 17 heavy (non-hydrogen) atoms. The second-order valence-corrected chi connectivity index (χ2v) is 5.19. The van der Waals surface area contributed by atoms with Gasteiger partial charge in [0.1, 0.15) is 10.0 Å². The first-order valence-electron chi connectivity index (χ1n) is 5.71. The number of hydrogen-bond donors (Lipinski definition) is 1. The Labute approximate surface area is 104 Å². The molecule has 4 nitrogen and oxygen atoms in total. The van der Waals surface area contributed by atoms with Gasteiger partial charge in [-0.1, -0.05) is 11.3 Å². The predicted molar refractivity (Wildman–Crippen MR) is 71.1 cm³/mol. The number of thiazole rings is 1. The van der Waals surface area contributed by atoms with Crippen LogP contribution in [0, 0.1) is 0 Å². The van der Waals surface area contributed by atoms with Crippen molar-refractivity contribution in [1.29, 1.82) is 0 Å². The van der Waals surface area contributed by atoms with Crippen LogP contribution in [0.15, 0.2) is 12.5 Å². The zero-order chi connectivity index (χ0) is 11.7. The maximum Gasteiger partial charge on any atom is 0.118 e. The molecule has 3 rings (SSSR count). The van der Waals surface area contributed by atoms with Gasteiger partial charge in [-0.2, -0.15) is 0 Å². The number of anilines is 1. The van der Waals surface area contributed by atoms with Gasteiger partial charge < -0.3 is 9.88 Å². The number of aromatic nitrogens is 3. The zero-order valence-corrected chi connectivity index (χ0v) is 10.5. The van der Waals surface area contributed by atoms with Gasteiger partial charge in [0.05, 0.1) is 17.7 Å². The summed E-state index contributed by atoms with van der Waals surface area (Å²) in [6.07, 6.45) is 10.1. The molecule has 1 aliphatic heterocycles. The van der Waals surface area contributed by atoms with E-state index in [1.807, 2.05) is 30.0 Å². The van der Waals surface area contributed by atoms with Gasteiger partial charge in [-0.05, 0) is 25.0 Å². The SMILES string of the molecule is Cn1cnc(C=Cc2nc3c(s2)NCCC3)c1. The van der Waals surface area contributed by atoms with Crippen LogP contribution in [0.2, 0.25) is 0 Å². The van der Waals surface area contributed by atoms with Gasteiger partial charge in [0.15, 0.2) is 0 Å². The van der Waals surface area contributed by atoms with Gasteiger partial charge in [0.25, 0.3) is 0 Å². The highest BCUT2D eigenvalue weighted by Gasteiger charge is 2.13. The van der Waals surface area contributed by atoms with Crippen molar-refractivity contribution in [3.63, 3.8) is 0 Å². The molecule has 0 saturated heterocycles. The van der Waals surface area contributed by atoms with Gasteiger partial charge in [0, 0.05) is 19.8 Å². The summed E-state index contributed by atoms with van der Waals surface area (Å²) in [5, 5.41) is 5.67. The Kier molecular flexibility index (Phi) is 2.68. The lowest BCUT2D eigenvalue weighted by molar-refractivity contribution is 0.813. The van der Waals surface area contributed by atoms with E-state index in [-0.39, 0.29) is 0 Å². The van der Waals surface area contributed by atoms with Crippen molar-refractivity contribution < 1.29 is 0 Å². The number of imidazole rings is 1. The van der Waals surface area contributed by atoms with E-state index in [0.717, 1.165) is 23.7 Å². The predicted octanol–water partition coefficient (Wildman–Crippen LogP) is 2.41. The van der Waals surface area contributed by atoms with Crippen LogP contribution < -0.4 is 5.32 Å². The number of hydrogen-bond acceptors (Lipinski definition) is 4. The van der Waals surface area contributed by atoms with Crippen LogP contribution in [-0.4, -0.2) is 21.1 Å². The minimum absolute atomic E-state index is 0.966. The number of fused-ring (bicyclic) bond motifs is 1. The Morgan fingerprint density at radius 3 is 3.18 bits per heavy atom. The fourth-order valence-electron chi connectivity index (χ4n) is 1.88. The maximum atomic E-state index is 4.61. The smallest absolute Gasteiger partial charge is 0.118 e. The molecule has 5 heteroatoms. The number of aryl methyl sites for hydroxylation is 2. The third-order valence-corrected chi connectivity index (χ3v) is 3.73. The highest BCUT2D eigenvalue weighted by molar-refractivity contribution is 7.16. The van der Waals surface area contributed by atoms with Gasteiger partial charge in [-0.3, -0.25) is 0 Å². The normalized spacial score (nSPS) is 14.9. The Balaban J connectivity index is 1.80. The lowest BCUT2D eigenvalue weighted by Crippen LogP contribution is -2.09. The van der Waals surface area contributed by atoms with Crippen LogP contribution in [-0.2, 0) is 13.5 Å². The lowest BCUT2D eigenvalue weighted by atomic mass is 10.2. The van der Waals surface area contributed by atoms with Crippen LogP contribution in [0.5, 0.6) is 0 Å². The molecule has 0 bridgehead atoms. The molecular formula is C12H14N4S. The molecule has 0 radical (unpaired) electrons. The molecule has 1 aliphatic rings. The van der Waals surface area contributed by atoms with Crippen molar-refractivity contribution >= 4 is 28.5 Å². The fourth-order valence-corrected chi connectivity index (χ4v) is 2.82. The summed E-state index contributed by atoms with van der Waals surface area (Å²) < 4.78 is 1.94. The molecule has 0 amide bonds. The van der Waals surface area contributed by atoms with Crippen molar-refractivity contribution in [2.75, 3.05) is 11.9 Å². The molecule has 0 unspecified atom stereocenters. The standard InChI is InChI=1S/C12H14N4S/c1-16-7-9(14-8-16)4-5-11-15-10-3-2-6-13-12(10)17-11/h4-5,7-8,13H,2-3,6H2,1H3. The molecule has 0 aliphatic carbocycles. The summed E-state index contributed by atoms with van der Waals surface area (Å²) in [5.41, 5.74) is 2.18. The number of rotatable bonds is 2. The third-order valence-electron chi connectivity index (χ3n) is 2.71. The first-order valence-corrected chi connectivity index (χ1v) is 6.52. The van der Waals surface area contributed by atoms with E-state index in [2.05, 4.69) is 15.3 Å². The fraction of sp³-hybridized carbons (Fsp3) is 0.333. The first-order chi connectivity index (χ1) is 8.31. The van der Waals surface area contributed by atoms with Crippen molar-refractivity contribution in [3.8, 4) is 0 Å². The molecule has 0 atom stereocenters. The highest BCUT2D eigenvalue weighted by Crippen LogP contribution is 2.29. The average Bonchev–Trinajstić information content (AvgIpc) is 2.91. The highest BCUT2D eigenvalue weighted by atomic mass is 32.1. The third kappa shape index (κ3) is 2.24.